The fraction of sp³-hybridized carbons (Fsp3) is 0.0455. The third-order valence-electron chi connectivity index (χ3n) is 4.37. The highest BCUT2D eigenvalue weighted by molar-refractivity contribution is 6.33. The lowest BCUT2D eigenvalue weighted by Gasteiger charge is -2.10. The van der Waals surface area contributed by atoms with Crippen LogP contribution >= 0.6 is 11.6 Å². The molecule has 4 rings (SSSR count). The summed E-state index contributed by atoms with van der Waals surface area (Å²) in [5.41, 5.74) is 2.88. The molecule has 3 aromatic rings. The summed E-state index contributed by atoms with van der Waals surface area (Å²) >= 11 is 6.23. The quantitative estimate of drug-likeness (QED) is 0.453. The molecule has 1 aliphatic heterocycles. The average Bonchev–Trinajstić information content (AvgIpc) is 3.29. The van der Waals surface area contributed by atoms with E-state index in [1.807, 2.05) is 30.3 Å². The molecule has 0 spiro atoms. The monoisotopic (exact) mass is 390 g/mol. The summed E-state index contributed by atoms with van der Waals surface area (Å²) < 4.78 is 5.85. The molecule has 2 heterocycles. The number of carbonyl (C=O) groups excluding carboxylic acids is 2. The molecule has 1 aliphatic rings. The molecule has 5 nitrogen and oxygen atoms in total. The lowest BCUT2D eigenvalue weighted by Crippen LogP contribution is -2.21. The predicted octanol–water partition coefficient (Wildman–Crippen LogP) is 5.22. The van der Waals surface area contributed by atoms with Crippen molar-refractivity contribution in [2.45, 2.75) is 6.92 Å². The summed E-state index contributed by atoms with van der Waals surface area (Å²) in [5.74, 6) is 0.790. The van der Waals surface area contributed by atoms with Gasteiger partial charge in [-0.15, -0.1) is 0 Å². The minimum absolute atomic E-state index is 0.220. The molecule has 0 bridgehead atoms. The van der Waals surface area contributed by atoms with Gasteiger partial charge in [0.2, 0.25) is 0 Å². The van der Waals surface area contributed by atoms with Crippen molar-refractivity contribution in [1.29, 1.82) is 0 Å². The molecule has 0 N–H and O–H groups in total. The van der Waals surface area contributed by atoms with Crippen molar-refractivity contribution < 1.29 is 14.0 Å². The molecule has 0 saturated heterocycles. The predicted molar refractivity (Wildman–Crippen MR) is 110 cm³/mol. The van der Waals surface area contributed by atoms with Crippen LogP contribution in [0.15, 0.2) is 75.8 Å². The Morgan fingerprint density at radius 3 is 2.61 bits per heavy atom. The van der Waals surface area contributed by atoms with Gasteiger partial charge in [-0.3, -0.25) is 9.59 Å². The Balaban J connectivity index is 1.65. The van der Waals surface area contributed by atoms with Crippen LogP contribution < -0.4 is 5.01 Å². The van der Waals surface area contributed by atoms with E-state index in [9.17, 15) is 9.59 Å². The molecule has 0 fully saturated rings. The van der Waals surface area contributed by atoms with Crippen molar-refractivity contribution in [3.63, 3.8) is 0 Å². The largest absolute Gasteiger partial charge is 0.457 e. The van der Waals surface area contributed by atoms with Crippen molar-refractivity contribution in [1.82, 2.24) is 0 Å². The van der Waals surface area contributed by atoms with E-state index in [0.717, 1.165) is 6.29 Å². The zero-order valence-corrected chi connectivity index (χ0v) is 15.7. The summed E-state index contributed by atoms with van der Waals surface area (Å²) in [7, 11) is 0. The van der Waals surface area contributed by atoms with Crippen LogP contribution in [-0.4, -0.2) is 17.9 Å². The number of aldehydes is 1. The van der Waals surface area contributed by atoms with E-state index >= 15 is 0 Å². The normalized spacial score (nSPS) is 15.2. The van der Waals surface area contributed by atoms with Crippen molar-refractivity contribution in [2.75, 3.05) is 5.01 Å². The second kappa shape index (κ2) is 7.29. The van der Waals surface area contributed by atoms with Crippen LogP contribution in [0.5, 0.6) is 0 Å². The molecule has 0 saturated carbocycles. The smallest absolute Gasteiger partial charge is 0.280 e. The molecule has 0 radical (unpaired) electrons. The number of anilines is 1. The molecule has 2 aromatic carbocycles. The standard InChI is InChI=1S/C22H15ClN2O3/c1-14-18(22(27)25(24-14)16-5-3-2-4-6-16)12-17-8-10-21(28-17)19-11-15(13-26)7-9-20(19)23/h2-13H,1H3/b18-12+. The fourth-order valence-corrected chi connectivity index (χ4v) is 3.16. The van der Waals surface area contributed by atoms with E-state index in [1.54, 1.807) is 43.3 Å². The van der Waals surface area contributed by atoms with Crippen molar-refractivity contribution in [3.8, 4) is 11.3 Å². The third kappa shape index (κ3) is 3.28. The summed E-state index contributed by atoms with van der Waals surface area (Å²) in [6, 6.07) is 17.7. The Kier molecular flexibility index (Phi) is 4.67. The lowest BCUT2D eigenvalue weighted by atomic mass is 10.1. The number of para-hydroxylation sites is 1. The molecule has 0 atom stereocenters. The van der Waals surface area contributed by atoms with Crippen LogP contribution in [0, 0.1) is 0 Å². The number of carbonyl (C=O) groups is 2. The molecular formula is C22H15ClN2O3. The minimum atomic E-state index is -0.220. The van der Waals surface area contributed by atoms with E-state index in [0.29, 0.717) is 44.6 Å². The Hall–Kier alpha value is -3.44. The van der Waals surface area contributed by atoms with Crippen LogP contribution in [0.4, 0.5) is 5.69 Å². The first-order chi connectivity index (χ1) is 13.6. The van der Waals surface area contributed by atoms with Crippen LogP contribution in [0.3, 0.4) is 0 Å². The van der Waals surface area contributed by atoms with Gasteiger partial charge in [0, 0.05) is 11.1 Å². The molecular weight excluding hydrogens is 376 g/mol. The average molecular weight is 391 g/mol. The highest BCUT2D eigenvalue weighted by Crippen LogP contribution is 2.31. The number of hydrogen-bond acceptors (Lipinski definition) is 4. The number of hydrogen-bond donors (Lipinski definition) is 0. The fourth-order valence-electron chi connectivity index (χ4n) is 2.95. The summed E-state index contributed by atoms with van der Waals surface area (Å²) in [6.45, 7) is 1.78. The number of amides is 1. The van der Waals surface area contributed by atoms with Gasteiger partial charge in [-0.05, 0) is 49.4 Å². The molecule has 28 heavy (non-hydrogen) atoms. The minimum Gasteiger partial charge on any atom is -0.457 e. The van der Waals surface area contributed by atoms with E-state index in [4.69, 9.17) is 16.0 Å². The highest BCUT2D eigenvalue weighted by Gasteiger charge is 2.28. The summed E-state index contributed by atoms with van der Waals surface area (Å²) in [4.78, 5) is 23.8. The van der Waals surface area contributed by atoms with Crippen LogP contribution in [0.2, 0.25) is 5.02 Å². The van der Waals surface area contributed by atoms with Crippen LogP contribution in [-0.2, 0) is 4.79 Å². The Bertz CT molecular complexity index is 1130. The summed E-state index contributed by atoms with van der Waals surface area (Å²) in [6.07, 6.45) is 2.41. The van der Waals surface area contributed by atoms with Crippen LogP contribution in [0.1, 0.15) is 23.0 Å². The molecule has 6 heteroatoms. The zero-order valence-electron chi connectivity index (χ0n) is 14.9. The number of hydrazone groups is 1. The Morgan fingerprint density at radius 1 is 1.07 bits per heavy atom. The van der Waals surface area contributed by atoms with E-state index in [1.165, 1.54) is 5.01 Å². The first-order valence-corrected chi connectivity index (χ1v) is 8.96. The first kappa shape index (κ1) is 17.9. The molecule has 0 aliphatic carbocycles. The number of benzene rings is 2. The molecule has 0 unspecified atom stereocenters. The molecule has 1 amide bonds. The first-order valence-electron chi connectivity index (χ1n) is 8.58. The van der Waals surface area contributed by atoms with Gasteiger partial charge >= 0.3 is 0 Å². The second-order valence-corrected chi connectivity index (χ2v) is 6.66. The summed E-state index contributed by atoms with van der Waals surface area (Å²) in [5, 5.41) is 6.20. The SMILES string of the molecule is CC1=NN(c2ccccc2)C(=O)/C1=C/c1ccc(-c2cc(C=O)ccc2Cl)o1. The van der Waals surface area contributed by atoms with Gasteiger partial charge in [0.1, 0.15) is 17.8 Å². The topological polar surface area (TPSA) is 62.9 Å². The number of rotatable bonds is 4. The Labute approximate surface area is 166 Å². The van der Waals surface area contributed by atoms with Gasteiger partial charge in [0.05, 0.1) is 22.0 Å². The van der Waals surface area contributed by atoms with Gasteiger partial charge in [-0.2, -0.15) is 10.1 Å². The maximum atomic E-state index is 12.8. The van der Waals surface area contributed by atoms with Gasteiger partial charge in [0.15, 0.2) is 0 Å². The lowest BCUT2D eigenvalue weighted by molar-refractivity contribution is -0.114. The van der Waals surface area contributed by atoms with Crippen molar-refractivity contribution >= 4 is 41.3 Å². The van der Waals surface area contributed by atoms with Crippen LogP contribution in [0.25, 0.3) is 17.4 Å². The van der Waals surface area contributed by atoms with Gasteiger partial charge in [-0.1, -0.05) is 35.9 Å². The number of nitrogens with zero attached hydrogens (tertiary/aromatic N) is 2. The van der Waals surface area contributed by atoms with E-state index in [2.05, 4.69) is 5.10 Å². The van der Waals surface area contributed by atoms with Gasteiger partial charge < -0.3 is 4.42 Å². The van der Waals surface area contributed by atoms with Crippen molar-refractivity contribution in [3.05, 3.63) is 82.6 Å². The van der Waals surface area contributed by atoms with Crippen molar-refractivity contribution in [2.24, 2.45) is 5.10 Å². The maximum absolute atomic E-state index is 12.8. The van der Waals surface area contributed by atoms with E-state index < -0.39 is 0 Å². The molecule has 138 valence electrons. The molecule has 1 aromatic heterocycles. The van der Waals surface area contributed by atoms with Gasteiger partial charge in [-0.25, -0.2) is 0 Å². The maximum Gasteiger partial charge on any atom is 0.280 e. The van der Waals surface area contributed by atoms with E-state index in [-0.39, 0.29) is 5.91 Å². The second-order valence-electron chi connectivity index (χ2n) is 6.26. The number of furan rings is 1. The Morgan fingerprint density at radius 2 is 1.86 bits per heavy atom. The third-order valence-corrected chi connectivity index (χ3v) is 4.70. The highest BCUT2D eigenvalue weighted by atomic mass is 35.5. The number of halogens is 1. The zero-order chi connectivity index (χ0) is 19.7. The van der Waals surface area contributed by atoms with Gasteiger partial charge in [0.25, 0.3) is 5.91 Å².